The summed E-state index contributed by atoms with van der Waals surface area (Å²) in [5.74, 6) is 0.236. The first-order chi connectivity index (χ1) is 13.0. The standard InChI is InChI=1S/C23H24ClNOS/c1-3-16(2)15-25-12-10-23(11-13-25)19-6-4-5-7-21(19)27-20-9-8-17(24)14-18(20)22(23)26/h3-9,14H,10-13,15H2,1-2H3/b16-3+. The van der Waals surface area contributed by atoms with Crippen LogP contribution < -0.4 is 0 Å². The molecule has 1 saturated heterocycles. The highest BCUT2D eigenvalue weighted by Crippen LogP contribution is 2.49. The zero-order chi connectivity index (χ0) is 19.0. The van der Waals surface area contributed by atoms with E-state index >= 15 is 0 Å². The minimum Gasteiger partial charge on any atom is -0.299 e. The fourth-order valence-corrected chi connectivity index (χ4v) is 5.58. The van der Waals surface area contributed by atoms with Crippen molar-refractivity contribution in [2.45, 2.75) is 41.9 Å². The Balaban J connectivity index is 1.76. The van der Waals surface area contributed by atoms with Gasteiger partial charge in [0, 0.05) is 26.9 Å². The second kappa shape index (κ2) is 7.46. The number of benzene rings is 2. The van der Waals surface area contributed by atoms with Crippen LogP contribution >= 0.6 is 23.4 Å². The van der Waals surface area contributed by atoms with E-state index in [0.29, 0.717) is 5.02 Å². The van der Waals surface area contributed by atoms with Crippen molar-refractivity contribution in [3.8, 4) is 0 Å². The van der Waals surface area contributed by atoms with Gasteiger partial charge in [-0.2, -0.15) is 0 Å². The maximum Gasteiger partial charge on any atom is 0.174 e. The van der Waals surface area contributed by atoms with Crippen LogP contribution in [0.1, 0.15) is 42.6 Å². The van der Waals surface area contributed by atoms with Gasteiger partial charge >= 0.3 is 0 Å². The lowest BCUT2D eigenvalue weighted by molar-refractivity contribution is 0.0774. The first-order valence-electron chi connectivity index (χ1n) is 9.49. The average Bonchev–Trinajstić information content (AvgIpc) is 2.78. The molecule has 1 fully saturated rings. The van der Waals surface area contributed by atoms with Gasteiger partial charge in [-0.15, -0.1) is 0 Å². The molecule has 0 N–H and O–H groups in total. The molecule has 27 heavy (non-hydrogen) atoms. The van der Waals surface area contributed by atoms with Crippen molar-refractivity contribution in [3.05, 3.63) is 70.3 Å². The first-order valence-corrected chi connectivity index (χ1v) is 10.7. The summed E-state index contributed by atoms with van der Waals surface area (Å²) >= 11 is 7.95. The summed E-state index contributed by atoms with van der Waals surface area (Å²) in [6.45, 7) is 7.12. The highest BCUT2D eigenvalue weighted by molar-refractivity contribution is 7.99. The second-order valence-corrected chi connectivity index (χ2v) is 9.08. The Morgan fingerprint density at radius 2 is 1.93 bits per heavy atom. The molecule has 0 bridgehead atoms. The number of carbonyl (C=O) groups is 1. The minimum atomic E-state index is -0.445. The number of nitrogens with zero attached hydrogens (tertiary/aromatic N) is 1. The Hall–Kier alpha value is -1.55. The summed E-state index contributed by atoms with van der Waals surface area (Å²) in [5, 5.41) is 0.630. The third-order valence-corrected chi connectivity index (χ3v) is 7.31. The molecule has 0 aliphatic carbocycles. The lowest BCUT2D eigenvalue weighted by Crippen LogP contribution is -2.47. The molecule has 4 heteroatoms. The van der Waals surface area contributed by atoms with Gasteiger partial charge in [-0.1, -0.05) is 53.2 Å². The van der Waals surface area contributed by atoms with Gasteiger partial charge in [-0.3, -0.25) is 9.69 Å². The molecule has 2 aliphatic rings. The summed E-state index contributed by atoms with van der Waals surface area (Å²) in [4.78, 5) is 18.5. The molecule has 2 heterocycles. The number of ketones is 1. The lowest BCUT2D eigenvalue weighted by atomic mass is 9.68. The van der Waals surface area contributed by atoms with Gasteiger partial charge in [-0.25, -0.2) is 0 Å². The van der Waals surface area contributed by atoms with E-state index in [1.165, 1.54) is 16.0 Å². The van der Waals surface area contributed by atoms with Crippen LogP contribution in [0.4, 0.5) is 0 Å². The number of hydrogen-bond acceptors (Lipinski definition) is 3. The molecule has 0 amide bonds. The number of likely N-dealkylation sites (tertiary alicyclic amines) is 1. The summed E-state index contributed by atoms with van der Waals surface area (Å²) in [6.07, 6.45) is 3.88. The molecule has 140 valence electrons. The van der Waals surface area contributed by atoms with Crippen molar-refractivity contribution >= 4 is 29.1 Å². The van der Waals surface area contributed by atoms with Crippen molar-refractivity contribution < 1.29 is 4.79 Å². The highest BCUT2D eigenvalue weighted by Gasteiger charge is 2.46. The molecule has 2 aromatic carbocycles. The normalized spacial score (nSPS) is 19.5. The smallest absolute Gasteiger partial charge is 0.174 e. The Labute approximate surface area is 170 Å². The monoisotopic (exact) mass is 397 g/mol. The van der Waals surface area contributed by atoms with Gasteiger partial charge in [0.05, 0.1) is 5.41 Å². The van der Waals surface area contributed by atoms with Crippen molar-refractivity contribution in [2.75, 3.05) is 19.6 Å². The quantitative estimate of drug-likeness (QED) is 0.580. The summed E-state index contributed by atoms with van der Waals surface area (Å²) < 4.78 is 0. The van der Waals surface area contributed by atoms with Gasteiger partial charge in [0.15, 0.2) is 5.78 Å². The molecule has 2 aromatic rings. The van der Waals surface area contributed by atoms with Crippen LogP contribution in [0.15, 0.2) is 63.9 Å². The van der Waals surface area contributed by atoms with Crippen LogP contribution in [0.5, 0.6) is 0 Å². The molecule has 0 saturated carbocycles. The second-order valence-electron chi connectivity index (χ2n) is 7.56. The summed E-state index contributed by atoms with van der Waals surface area (Å²) in [6, 6.07) is 14.2. The minimum absolute atomic E-state index is 0.236. The topological polar surface area (TPSA) is 20.3 Å². The number of fused-ring (bicyclic) bond motifs is 3. The van der Waals surface area contributed by atoms with E-state index in [2.05, 4.69) is 49.1 Å². The Bertz CT molecular complexity index is 912. The average molecular weight is 398 g/mol. The predicted molar refractivity (Wildman–Crippen MR) is 113 cm³/mol. The van der Waals surface area contributed by atoms with Gasteiger partial charge in [-0.05, 0) is 69.6 Å². The predicted octanol–water partition coefficient (Wildman–Crippen LogP) is 5.99. The van der Waals surface area contributed by atoms with Crippen LogP contribution in [-0.4, -0.2) is 30.3 Å². The summed E-state index contributed by atoms with van der Waals surface area (Å²) in [7, 11) is 0. The van der Waals surface area contributed by atoms with E-state index in [1.54, 1.807) is 11.8 Å². The van der Waals surface area contributed by atoms with E-state index in [9.17, 15) is 4.79 Å². The number of piperidine rings is 1. The summed E-state index contributed by atoms with van der Waals surface area (Å²) in [5.41, 5.74) is 2.91. The van der Waals surface area contributed by atoms with Gasteiger partial charge in [0.2, 0.25) is 0 Å². The molecule has 0 unspecified atom stereocenters. The molecule has 0 atom stereocenters. The van der Waals surface area contributed by atoms with Crippen LogP contribution in [0, 0.1) is 0 Å². The fraction of sp³-hybridized carbons (Fsp3) is 0.348. The molecule has 1 spiro atoms. The SMILES string of the molecule is C/C=C(\C)CN1CCC2(CC1)C(=O)c1cc(Cl)ccc1Sc1ccccc12. The van der Waals surface area contributed by atoms with Crippen LogP contribution in [0.2, 0.25) is 5.02 Å². The third-order valence-electron chi connectivity index (χ3n) is 5.92. The van der Waals surface area contributed by atoms with Crippen LogP contribution in [-0.2, 0) is 5.41 Å². The zero-order valence-electron chi connectivity index (χ0n) is 15.8. The van der Waals surface area contributed by atoms with E-state index in [1.807, 2.05) is 18.2 Å². The van der Waals surface area contributed by atoms with Crippen molar-refractivity contribution in [2.24, 2.45) is 0 Å². The van der Waals surface area contributed by atoms with Gasteiger partial charge in [0.25, 0.3) is 0 Å². The van der Waals surface area contributed by atoms with E-state index < -0.39 is 5.41 Å². The highest BCUT2D eigenvalue weighted by atomic mass is 35.5. The van der Waals surface area contributed by atoms with E-state index in [4.69, 9.17) is 11.6 Å². The number of halogens is 1. The van der Waals surface area contributed by atoms with Crippen molar-refractivity contribution in [1.82, 2.24) is 4.90 Å². The largest absolute Gasteiger partial charge is 0.299 e. The Morgan fingerprint density at radius 3 is 2.67 bits per heavy atom. The number of rotatable bonds is 2. The van der Waals surface area contributed by atoms with Crippen LogP contribution in [0.25, 0.3) is 0 Å². The molecular weight excluding hydrogens is 374 g/mol. The maximum atomic E-state index is 13.8. The maximum absolute atomic E-state index is 13.8. The Morgan fingerprint density at radius 1 is 1.19 bits per heavy atom. The number of carbonyl (C=O) groups excluding carboxylic acids is 1. The van der Waals surface area contributed by atoms with Crippen LogP contribution in [0.3, 0.4) is 0 Å². The van der Waals surface area contributed by atoms with Crippen molar-refractivity contribution in [3.63, 3.8) is 0 Å². The molecular formula is C23H24ClNOS. The number of hydrogen-bond donors (Lipinski definition) is 0. The fourth-order valence-electron chi connectivity index (χ4n) is 4.25. The molecule has 0 radical (unpaired) electrons. The van der Waals surface area contributed by atoms with E-state index in [0.717, 1.165) is 42.9 Å². The molecule has 0 aromatic heterocycles. The number of Topliss-reactive ketones (excluding diaryl/α,β-unsaturated/α-hetero) is 1. The first kappa shape index (κ1) is 18.8. The molecule has 2 nitrogen and oxygen atoms in total. The lowest BCUT2D eigenvalue weighted by Gasteiger charge is -2.41. The third kappa shape index (κ3) is 3.37. The molecule has 4 rings (SSSR count). The molecule has 2 aliphatic heterocycles. The van der Waals surface area contributed by atoms with E-state index in [-0.39, 0.29) is 5.78 Å². The van der Waals surface area contributed by atoms with Gasteiger partial charge in [0.1, 0.15) is 0 Å². The Kier molecular flexibility index (Phi) is 5.19. The zero-order valence-corrected chi connectivity index (χ0v) is 17.4. The van der Waals surface area contributed by atoms with Gasteiger partial charge < -0.3 is 0 Å². The van der Waals surface area contributed by atoms with Crippen molar-refractivity contribution in [1.29, 1.82) is 0 Å². The number of allylic oxidation sites excluding steroid dienone is 1.